The number of piperazine rings is 1. The first-order valence-corrected chi connectivity index (χ1v) is 10.4. The highest BCUT2D eigenvalue weighted by Gasteiger charge is 2.38. The maximum absolute atomic E-state index is 13.4. The SMILES string of the molecule is CC(C)N1CCN([C@@H]2C[C@@H](c3ccc(F)cc3)c3ccc(Cl)cc32)CC1C. The minimum atomic E-state index is -0.178. The normalized spacial score (nSPS) is 26.5. The van der Waals surface area contributed by atoms with E-state index in [0.717, 1.165) is 31.1 Å². The first-order valence-electron chi connectivity index (χ1n) is 9.98. The van der Waals surface area contributed by atoms with E-state index >= 15 is 0 Å². The van der Waals surface area contributed by atoms with E-state index in [0.29, 0.717) is 24.0 Å². The molecule has 144 valence electrons. The van der Waals surface area contributed by atoms with Gasteiger partial charge in [0.05, 0.1) is 0 Å². The van der Waals surface area contributed by atoms with Gasteiger partial charge in [-0.05, 0) is 68.1 Å². The lowest BCUT2D eigenvalue weighted by molar-refractivity contribution is 0.0359. The van der Waals surface area contributed by atoms with E-state index in [1.807, 2.05) is 18.2 Å². The number of nitrogens with zero attached hydrogens (tertiary/aromatic N) is 2. The Labute approximate surface area is 166 Å². The summed E-state index contributed by atoms with van der Waals surface area (Å²) in [6.45, 7) is 10.1. The third-order valence-corrected chi connectivity index (χ3v) is 6.56. The Morgan fingerprint density at radius 1 is 1.04 bits per heavy atom. The summed E-state index contributed by atoms with van der Waals surface area (Å²) in [6.07, 6.45) is 1.04. The van der Waals surface area contributed by atoms with Crippen LogP contribution in [0.5, 0.6) is 0 Å². The molecule has 0 aromatic heterocycles. The van der Waals surface area contributed by atoms with Gasteiger partial charge in [0.1, 0.15) is 5.82 Å². The van der Waals surface area contributed by atoms with Crippen LogP contribution in [0, 0.1) is 5.82 Å². The minimum Gasteiger partial charge on any atom is -0.296 e. The molecule has 1 heterocycles. The van der Waals surface area contributed by atoms with Crippen LogP contribution >= 0.6 is 11.6 Å². The van der Waals surface area contributed by atoms with Crippen LogP contribution < -0.4 is 0 Å². The van der Waals surface area contributed by atoms with E-state index < -0.39 is 0 Å². The van der Waals surface area contributed by atoms with Gasteiger partial charge in [-0.3, -0.25) is 9.80 Å². The molecule has 0 radical (unpaired) electrons. The van der Waals surface area contributed by atoms with Crippen LogP contribution in [0.2, 0.25) is 5.02 Å². The lowest BCUT2D eigenvalue weighted by atomic mass is 9.93. The van der Waals surface area contributed by atoms with E-state index in [1.165, 1.54) is 16.7 Å². The number of hydrogen-bond acceptors (Lipinski definition) is 2. The fourth-order valence-electron chi connectivity index (χ4n) is 5.04. The molecule has 3 atom stereocenters. The van der Waals surface area contributed by atoms with Gasteiger partial charge in [-0.2, -0.15) is 0 Å². The average molecular weight is 387 g/mol. The fraction of sp³-hybridized carbons (Fsp3) is 0.478. The second-order valence-corrected chi connectivity index (χ2v) is 8.74. The molecule has 0 amide bonds. The van der Waals surface area contributed by atoms with Crippen molar-refractivity contribution < 1.29 is 4.39 Å². The zero-order valence-electron chi connectivity index (χ0n) is 16.3. The molecule has 2 aromatic rings. The highest BCUT2D eigenvalue weighted by molar-refractivity contribution is 6.30. The number of rotatable bonds is 3. The number of fused-ring (bicyclic) bond motifs is 1. The van der Waals surface area contributed by atoms with Crippen molar-refractivity contribution in [2.24, 2.45) is 0 Å². The Hall–Kier alpha value is -1.42. The van der Waals surface area contributed by atoms with Gasteiger partial charge in [0, 0.05) is 48.7 Å². The minimum absolute atomic E-state index is 0.178. The molecule has 1 aliphatic heterocycles. The smallest absolute Gasteiger partial charge is 0.123 e. The maximum Gasteiger partial charge on any atom is 0.123 e. The van der Waals surface area contributed by atoms with Gasteiger partial charge in [0.25, 0.3) is 0 Å². The van der Waals surface area contributed by atoms with Crippen molar-refractivity contribution in [2.75, 3.05) is 19.6 Å². The molecule has 1 aliphatic carbocycles. The third kappa shape index (κ3) is 3.65. The predicted molar refractivity (Wildman–Crippen MR) is 110 cm³/mol. The molecule has 0 bridgehead atoms. The van der Waals surface area contributed by atoms with Crippen molar-refractivity contribution in [2.45, 2.75) is 51.2 Å². The summed E-state index contributed by atoms with van der Waals surface area (Å²) in [5.74, 6) is 0.129. The van der Waals surface area contributed by atoms with Gasteiger partial charge in [-0.1, -0.05) is 29.8 Å². The molecule has 1 fully saturated rings. The van der Waals surface area contributed by atoms with Crippen LogP contribution in [-0.2, 0) is 0 Å². The Morgan fingerprint density at radius 2 is 1.78 bits per heavy atom. The molecule has 2 aromatic carbocycles. The summed E-state index contributed by atoms with van der Waals surface area (Å²) in [5, 5.41) is 0.798. The van der Waals surface area contributed by atoms with Crippen molar-refractivity contribution in [3.63, 3.8) is 0 Å². The Bertz CT molecular complexity index is 805. The van der Waals surface area contributed by atoms with Gasteiger partial charge < -0.3 is 0 Å². The van der Waals surface area contributed by atoms with Crippen LogP contribution in [-0.4, -0.2) is 41.5 Å². The molecule has 27 heavy (non-hydrogen) atoms. The van der Waals surface area contributed by atoms with Crippen molar-refractivity contribution in [1.29, 1.82) is 0 Å². The lowest BCUT2D eigenvalue weighted by Crippen LogP contribution is -2.54. The quantitative estimate of drug-likeness (QED) is 0.690. The topological polar surface area (TPSA) is 6.48 Å². The van der Waals surface area contributed by atoms with E-state index in [2.05, 4.69) is 42.7 Å². The van der Waals surface area contributed by atoms with Crippen molar-refractivity contribution >= 4 is 11.6 Å². The summed E-state index contributed by atoms with van der Waals surface area (Å²) in [5.41, 5.74) is 3.88. The van der Waals surface area contributed by atoms with Crippen LogP contribution in [0.3, 0.4) is 0 Å². The van der Waals surface area contributed by atoms with E-state index in [9.17, 15) is 4.39 Å². The van der Waals surface area contributed by atoms with E-state index in [4.69, 9.17) is 11.6 Å². The maximum atomic E-state index is 13.4. The summed E-state index contributed by atoms with van der Waals surface area (Å²) >= 11 is 6.36. The number of hydrogen-bond donors (Lipinski definition) is 0. The van der Waals surface area contributed by atoms with Gasteiger partial charge in [0.15, 0.2) is 0 Å². The van der Waals surface area contributed by atoms with Gasteiger partial charge in [-0.15, -0.1) is 0 Å². The monoisotopic (exact) mass is 386 g/mol. The largest absolute Gasteiger partial charge is 0.296 e. The molecule has 2 aliphatic rings. The summed E-state index contributed by atoms with van der Waals surface area (Å²) in [6, 6.07) is 14.8. The molecule has 4 heteroatoms. The summed E-state index contributed by atoms with van der Waals surface area (Å²) < 4.78 is 13.4. The van der Waals surface area contributed by atoms with E-state index in [1.54, 1.807) is 12.1 Å². The first-order chi connectivity index (χ1) is 12.9. The first kappa shape index (κ1) is 18.9. The highest BCUT2D eigenvalue weighted by atomic mass is 35.5. The van der Waals surface area contributed by atoms with Crippen molar-refractivity contribution in [3.8, 4) is 0 Å². The third-order valence-electron chi connectivity index (χ3n) is 6.33. The summed E-state index contributed by atoms with van der Waals surface area (Å²) in [7, 11) is 0. The fourth-order valence-corrected chi connectivity index (χ4v) is 5.22. The summed E-state index contributed by atoms with van der Waals surface area (Å²) in [4.78, 5) is 5.21. The molecule has 0 spiro atoms. The second-order valence-electron chi connectivity index (χ2n) is 8.30. The van der Waals surface area contributed by atoms with Crippen molar-refractivity contribution in [1.82, 2.24) is 9.80 Å². The molecule has 0 saturated carbocycles. The lowest BCUT2D eigenvalue weighted by Gasteiger charge is -2.44. The molecule has 0 N–H and O–H groups in total. The number of halogens is 2. The standard InChI is InChI=1S/C23H28ClFN2/c1-15(2)27-11-10-26(14-16(27)3)23-13-21(17-4-7-19(25)8-5-17)20-9-6-18(24)12-22(20)23/h4-9,12,15-16,21,23H,10-11,13-14H2,1-3H3/t16?,21-,23+/m0/s1. The molecule has 1 unspecified atom stereocenters. The van der Waals surface area contributed by atoms with Crippen LogP contribution in [0.15, 0.2) is 42.5 Å². The van der Waals surface area contributed by atoms with Gasteiger partial charge >= 0.3 is 0 Å². The zero-order valence-corrected chi connectivity index (χ0v) is 17.1. The molecular formula is C23H28ClFN2. The highest BCUT2D eigenvalue weighted by Crippen LogP contribution is 2.48. The Morgan fingerprint density at radius 3 is 2.44 bits per heavy atom. The van der Waals surface area contributed by atoms with E-state index in [-0.39, 0.29) is 5.82 Å². The Balaban J connectivity index is 1.63. The molecule has 4 rings (SSSR count). The van der Waals surface area contributed by atoms with Crippen LogP contribution in [0.4, 0.5) is 4.39 Å². The van der Waals surface area contributed by atoms with Gasteiger partial charge in [0.2, 0.25) is 0 Å². The molecular weight excluding hydrogens is 359 g/mol. The van der Waals surface area contributed by atoms with Crippen molar-refractivity contribution in [3.05, 3.63) is 70.0 Å². The number of benzene rings is 2. The zero-order chi connectivity index (χ0) is 19.1. The van der Waals surface area contributed by atoms with Crippen LogP contribution in [0.1, 0.15) is 55.8 Å². The molecule has 2 nitrogen and oxygen atoms in total. The second kappa shape index (κ2) is 7.54. The van der Waals surface area contributed by atoms with Gasteiger partial charge in [-0.25, -0.2) is 4.39 Å². The predicted octanol–water partition coefficient (Wildman–Crippen LogP) is 5.47. The van der Waals surface area contributed by atoms with Crippen LogP contribution in [0.25, 0.3) is 0 Å². The average Bonchev–Trinajstić information content (AvgIpc) is 3.00. The molecule has 1 saturated heterocycles. The Kier molecular flexibility index (Phi) is 5.28.